The van der Waals surface area contributed by atoms with Gasteiger partial charge in [0.1, 0.15) is 35.5 Å². The predicted octanol–water partition coefficient (Wildman–Crippen LogP) is 2.96. The summed E-state index contributed by atoms with van der Waals surface area (Å²) in [7, 11) is 1.52. The number of halogens is 2. The number of amides is 1. The number of aromatic nitrogens is 6. The standard InChI is InChI=1S/C26H31BrClN7O5S/c1-39-24-22(35-12-20(30-32-35)34-7-6-19(28)31-34)23(37)17(13-36)40-26(24)41-18-8-16(27)9-29-21(18)25(38)33(10-14-2-3-14)11-15-4-5-15/h6-9,12,14-15,17,22-24,26,36-37H,2-5,10-11,13H2,1H3/t17?,22-,23-,24?,26+/m0/s1. The molecule has 1 aliphatic heterocycles. The van der Waals surface area contributed by atoms with Crippen LogP contribution in [-0.2, 0) is 9.47 Å². The van der Waals surface area contributed by atoms with E-state index >= 15 is 0 Å². The number of aliphatic hydroxyl groups excluding tert-OH is 2. The monoisotopic (exact) mass is 667 g/mol. The molecule has 6 rings (SSSR count). The van der Waals surface area contributed by atoms with Crippen LogP contribution in [0.1, 0.15) is 42.2 Å². The van der Waals surface area contributed by atoms with Crippen LogP contribution in [0.2, 0.25) is 5.15 Å². The van der Waals surface area contributed by atoms with E-state index in [0.717, 1.165) is 38.8 Å². The van der Waals surface area contributed by atoms with E-state index < -0.39 is 36.4 Å². The summed E-state index contributed by atoms with van der Waals surface area (Å²) in [4.78, 5) is 20.9. The Morgan fingerprint density at radius 2 is 2.02 bits per heavy atom. The molecular weight excluding hydrogens is 638 g/mol. The molecule has 1 amide bonds. The van der Waals surface area contributed by atoms with Gasteiger partial charge in [0.05, 0.1) is 12.8 Å². The molecule has 2 aliphatic carbocycles. The van der Waals surface area contributed by atoms with Gasteiger partial charge in [-0.05, 0) is 65.6 Å². The van der Waals surface area contributed by atoms with Gasteiger partial charge < -0.3 is 24.6 Å². The third-order valence-corrected chi connectivity index (χ3v) is 9.41. The minimum atomic E-state index is -1.16. The van der Waals surface area contributed by atoms with Crippen molar-refractivity contribution in [2.75, 3.05) is 26.8 Å². The lowest BCUT2D eigenvalue weighted by atomic mass is 9.97. The Labute approximate surface area is 254 Å². The van der Waals surface area contributed by atoms with Crippen LogP contribution in [0, 0.1) is 11.8 Å². The third-order valence-electron chi connectivity index (χ3n) is 7.59. The van der Waals surface area contributed by atoms with Crippen molar-refractivity contribution in [3.05, 3.63) is 46.0 Å². The van der Waals surface area contributed by atoms with Crippen molar-refractivity contribution in [3.8, 4) is 5.82 Å². The van der Waals surface area contributed by atoms with Crippen molar-refractivity contribution in [1.82, 2.24) is 34.7 Å². The minimum Gasteiger partial charge on any atom is -0.394 e. The number of carbonyl (C=O) groups excluding carboxylic acids is 1. The number of methoxy groups -OCH3 is 1. The van der Waals surface area contributed by atoms with Crippen molar-refractivity contribution in [2.45, 2.75) is 60.4 Å². The smallest absolute Gasteiger partial charge is 0.273 e. The predicted molar refractivity (Wildman–Crippen MR) is 153 cm³/mol. The SMILES string of the molecule is COC1[C@@H](Sc2cc(Br)cnc2C(=O)N(CC2CC2)CC2CC2)OC(CO)[C@H](O)[C@@H]1n1cc(-n2ccc(Cl)n2)nn1. The molecule has 15 heteroatoms. The first-order chi connectivity index (χ1) is 19.8. The fraction of sp³-hybridized carbons (Fsp3) is 0.577. The summed E-state index contributed by atoms with van der Waals surface area (Å²) in [5.74, 6) is 1.41. The van der Waals surface area contributed by atoms with Gasteiger partial charge in [0.25, 0.3) is 5.91 Å². The van der Waals surface area contributed by atoms with Crippen LogP contribution in [0.15, 0.2) is 40.1 Å². The van der Waals surface area contributed by atoms with E-state index in [1.807, 2.05) is 11.0 Å². The average molecular weight is 669 g/mol. The zero-order chi connectivity index (χ0) is 28.7. The van der Waals surface area contributed by atoms with Gasteiger partial charge in [-0.3, -0.25) is 4.79 Å². The van der Waals surface area contributed by atoms with Gasteiger partial charge in [0.2, 0.25) is 0 Å². The maximum Gasteiger partial charge on any atom is 0.273 e. The van der Waals surface area contributed by atoms with E-state index in [9.17, 15) is 15.0 Å². The quantitative estimate of drug-likeness (QED) is 0.313. The molecule has 12 nitrogen and oxygen atoms in total. The average Bonchev–Trinajstić information content (AvgIpc) is 3.87. The molecule has 0 aromatic carbocycles. The van der Waals surface area contributed by atoms with E-state index in [1.54, 1.807) is 24.7 Å². The second kappa shape index (κ2) is 12.3. The first-order valence-corrected chi connectivity index (χ1v) is 15.6. The molecule has 3 fully saturated rings. The van der Waals surface area contributed by atoms with Gasteiger partial charge in [0.15, 0.2) is 11.0 Å². The van der Waals surface area contributed by atoms with Gasteiger partial charge >= 0.3 is 0 Å². The van der Waals surface area contributed by atoms with Gasteiger partial charge in [0, 0.05) is 42.0 Å². The summed E-state index contributed by atoms with van der Waals surface area (Å²) in [5.41, 5.74) is -0.375. The Balaban J connectivity index is 1.29. The molecule has 3 aromatic heterocycles. The zero-order valence-electron chi connectivity index (χ0n) is 22.3. The first-order valence-electron chi connectivity index (χ1n) is 13.6. The number of aliphatic hydroxyl groups is 2. The zero-order valence-corrected chi connectivity index (χ0v) is 25.5. The number of pyridine rings is 1. The van der Waals surface area contributed by atoms with E-state index in [1.165, 1.54) is 28.2 Å². The molecule has 2 unspecified atom stereocenters. The van der Waals surface area contributed by atoms with E-state index in [4.69, 9.17) is 21.1 Å². The lowest BCUT2D eigenvalue weighted by Gasteiger charge is -2.43. The summed E-state index contributed by atoms with van der Waals surface area (Å²) in [5, 5.41) is 34.2. The fourth-order valence-corrected chi connectivity index (χ4v) is 6.99. The maximum atomic E-state index is 13.8. The second-order valence-electron chi connectivity index (χ2n) is 10.8. The topological polar surface area (TPSA) is 141 Å². The van der Waals surface area contributed by atoms with Crippen molar-refractivity contribution in [3.63, 3.8) is 0 Å². The molecule has 4 heterocycles. The summed E-state index contributed by atoms with van der Waals surface area (Å²) >= 11 is 10.7. The molecule has 3 aromatic rings. The highest BCUT2D eigenvalue weighted by Gasteiger charge is 2.48. The fourth-order valence-electron chi connectivity index (χ4n) is 5.07. The number of thioether (sulfide) groups is 1. The molecule has 0 radical (unpaired) electrons. The van der Waals surface area contributed by atoms with Crippen molar-refractivity contribution in [2.24, 2.45) is 11.8 Å². The number of hydrogen-bond acceptors (Lipinski definition) is 10. The van der Waals surface area contributed by atoms with E-state index in [-0.39, 0.29) is 5.91 Å². The number of hydrogen-bond donors (Lipinski definition) is 2. The second-order valence-corrected chi connectivity index (χ2v) is 13.2. The summed E-state index contributed by atoms with van der Waals surface area (Å²) in [6, 6.07) is 2.70. The molecule has 0 spiro atoms. The molecule has 220 valence electrons. The van der Waals surface area contributed by atoms with Gasteiger partial charge in [-0.25, -0.2) is 14.3 Å². The Bertz CT molecular complexity index is 1370. The highest BCUT2D eigenvalue weighted by atomic mass is 79.9. The van der Waals surface area contributed by atoms with Crippen LogP contribution >= 0.6 is 39.3 Å². The highest BCUT2D eigenvalue weighted by molar-refractivity contribution is 9.10. The van der Waals surface area contributed by atoms with E-state index in [0.29, 0.717) is 37.9 Å². The molecule has 3 aliphatic rings. The lowest BCUT2D eigenvalue weighted by Crippen LogP contribution is -2.55. The molecule has 0 bridgehead atoms. The van der Waals surface area contributed by atoms with Crippen molar-refractivity contribution in [1.29, 1.82) is 0 Å². The molecular formula is C26H31BrClN7O5S. The molecule has 1 saturated heterocycles. The Morgan fingerprint density at radius 3 is 2.63 bits per heavy atom. The van der Waals surface area contributed by atoms with Crippen molar-refractivity contribution >= 4 is 45.2 Å². The number of nitrogens with zero attached hydrogens (tertiary/aromatic N) is 7. The van der Waals surface area contributed by atoms with Gasteiger partial charge in [-0.15, -0.1) is 5.10 Å². The minimum absolute atomic E-state index is 0.0994. The maximum absolute atomic E-state index is 13.8. The number of carbonyl (C=O) groups is 1. The van der Waals surface area contributed by atoms with Gasteiger partial charge in [-0.2, -0.15) is 5.10 Å². The van der Waals surface area contributed by atoms with Crippen LogP contribution in [0.5, 0.6) is 0 Å². The summed E-state index contributed by atoms with van der Waals surface area (Å²) in [6.07, 6.45) is 6.67. The van der Waals surface area contributed by atoms with Crippen LogP contribution < -0.4 is 0 Å². The van der Waals surface area contributed by atoms with Crippen LogP contribution in [0.4, 0.5) is 0 Å². The normalized spacial score (nSPS) is 26.3. The van der Waals surface area contributed by atoms with Gasteiger partial charge in [-0.1, -0.05) is 28.6 Å². The highest BCUT2D eigenvalue weighted by Crippen LogP contribution is 2.41. The van der Waals surface area contributed by atoms with Crippen molar-refractivity contribution < 1.29 is 24.5 Å². The lowest BCUT2D eigenvalue weighted by molar-refractivity contribution is -0.186. The van der Waals surface area contributed by atoms with E-state index in [2.05, 4.69) is 36.3 Å². The van der Waals surface area contributed by atoms with Crippen LogP contribution in [-0.4, -0.2) is 101 Å². The molecule has 2 saturated carbocycles. The number of ether oxygens (including phenoxy) is 2. The largest absolute Gasteiger partial charge is 0.394 e. The Morgan fingerprint density at radius 1 is 1.29 bits per heavy atom. The number of rotatable bonds is 11. The Kier molecular flexibility index (Phi) is 8.69. The first kappa shape index (κ1) is 29.0. The van der Waals surface area contributed by atoms with Crippen LogP contribution in [0.25, 0.3) is 5.82 Å². The molecule has 5 atom stereocenters. The Hall–Kier alpha value is -2.07. The molecule has 41 heavy (non-hydrogen) atoms. The third kappa shape index (κ3) is 6.48. The molecule has 2 N–H and O–H groups in total. The summed E-state index contributed by atoms with van der Waals surface area (Å²) in [6.45, 7) is 1.06. The summed E-state index contributed by atoms with van der Waals surface area (Å²) < 4.78 is 15.7. The van der Waals surface area contributed by atoms with Crippen LogP contribution in [0.3, 0.4) is 0 Å².